The van der Waals surface area contributed by atoms with Gasteiger partial charge in [0.15, 0.2) is 0 Å². The fourth-order valence-corrected chi connectivity index (χ4v) is 3.10. The van der Waals surface area contributed by atoms with Crippen LogP contribution in [0.25, 0.3) is 10.9 Å². The number of hydrogen-bond donors (Lipinski definition) is 3. The molecule has 1 amide bonds. The molecule has 0 aliphatic rings. The molecule has 3 aromatic rings. The maximum Gasteiger partial charge on any atom is 0.270 e. The second-order valence-corrected chi connectivity index (χ2v) is 6.78. The smallest absolute Gasteiger partial charge is 0.270 e. The molecule has 1 heterocycles. The highest BCUT2D eigenvalue weighted by atomic mass is 16.6. The Bertz CT molecular complexity index is 1040. The molecule has 0 unspecified atom stereocenters. The topological polar surface area (TPSA) is 125 Å². The van der Waals surface area contributed by atoms with E-state index in [1.54, 1.807) is 36.5 Å². The largest absolute Gasteiger partial charge is 0.508 e. The number of rotatable bonds is 9. The fourth-order valence-electron chi connectivity index (χ4n) is 3.10. The van der Waals surface area contributed by atoms with Crippen LogP contribution in [0.4, 0.5) is 5.69 Å². The first kappa shape index (κ1) is 20.1. The molecule has 0 aliphatic carbocycles. The van der Waals surface area contributed by atoms with Crippen molar-refractivity contribution in [2.24, 2.45) is 0 Å². The number of carbonyl (C=O) groups excluding carboxylic acids is 2. The Hall–Kier alpha value is -3.68. The third kappa shape index (κ3) is 5.41. The van der Waals surface area contributed by atoms with E-state index < -0.39 is 4.92 Å². The van der Waals surface area contributed by atoms with E-state index in [4.69, 9.17) is 0 Å². The molecular formula is C21H21N3O5. The predicted octanol–water partition coefficient (Wildman–Crippen LogP) is 3.03. The number of Topliss-reactive ketones (excluding diaryl/α,β-unsaturated/α-hetero) is 1. The fraction of sp³-hybridized carbons (Fsp3) is 0.238. The first-order chi connectivity index (χ1) is 13.9. The summed E-state index contributed by atoms with van der Waals surface area (Å²) >= 11 is 0. The number of non-ortho nitro benzene ring substituents is 1. The second kappa shape index (κ2) is 9.01. The van der Waals surface area contributed by atoms with Gasteiger partial charge in [-0.05, 0) is 42.2 Å². The lowest BCUT2D eigenvalue weighted by Gasteiger charge is -2.05. The van der Waals surface area contributed by atoms with E-state index in [2.05, 4.69) is 10.3 Å². The molecule has 8 heteroatoms. The average Bonchev–Trinajstić information content (AvgIpc) is 3.10. The van der Waals surface area contributed by atoms with Crippen LogP contribution < -0.4 is 5.32 Å². The molecule has 1 aromatic heterocycles. The van der Waals surface area contributed by atoms with Crippen molar-refractivity contribution in [2.75, 3.05) is 6.54 Å². The van der Waals surface area contributed by atoms with Crippen molar-refractivity contribution in [3.05, 3.63) is 69.9 Å². The maximum absolute atomic E-state index is 12.0. The van der Waals surface area contributed by atoms with E-state index in [1.165, 1.54) is 12.1 Å². The minimum absolute atomic E-state index is 0.0154. The highest BCUT2D eigenvalue weighted by molar-refractivity contribution is 5.98. The summed E-state index contributed by atoms with van der Waals surface area (Å²) in [6, 6.07) is 11.2. The molecule has 3 N–H and O–H groups in total. The van der Waals surface area contributed by atoms with Crippen LogP contribution in [0.3, 0.4) is 0 Å². The minimum atomic E-state index is -0.443. The van der Waals surface area contributed by atoms with Crippen molar-refractivity contribution in [3.63, 3.8) is 0 Å². The van der Waals surface area contributed by atoms with Gasteiger partial charge in [-0.3, -0.25) is 19.7 Å². The van der Waals surface area contributed by atoms with Crippen LogP contribution in [-0.2, 0) is 22.4 Å². The van der Waals surface area contributed by atoms with Gasteiger partial charge in [0.25, 0.3) is 5.69 Å². The molecule has 0 bridgehead atoms. The van der Waals surface area contributed by atoms with E-state index >= 15 is 0 Å². The Kier molecular flexibility index (Phi) is 6.23. The molecule has 0 saturated carbocycles. The van der Waals surface area contributed by atoms with Gasteiger partial charge >= 0.3 is 0 Å². The summed E-state index contributed by atoms with van der Waals surface area (Å²) in [4.78, 5) is 37.5. The Balaban J connectivity index is 1.45. The van der Waals surface area contributed by atoms with E-state index in [0.717, 1.165) is 22.0 Å². The molecule has 0 atom stereocenters. The van der Waals surface area contributed by atoms with Gasteiger partial charge in [-0.25, -0.2) is 0 Å². The Morgan fingerprint density at radius 2 is 1.86 bits per heavy atom. The summed E-state index contributed by atoms with van der Waals surface area (Å²) in [6.45, 7) is 0.333. The zero-order valence-corrected chi connectivity index (χ0v) is 15.7. The van der Waals surface area contributed by atoms with Crippen molar-refractivity contribution in [2.45, 2.75) is 25.7 Å². The zero-order chi connectivity index (χ0) is 20.8. The lowest BCUT2D eigenvalue weighted by molar-refractivity contribution is -0.384. The summed E-state index contributed by atoms with van der Waals surface area (Å²) < 4.78 is 0. The van der Waals surface area contributed by atoms with Gasteiger partial charge in [0, 0.05) is 42.2 Å². The standard InChI is InChI=1S/C21H21N3O5/c25-17-5-1-14(2-6-17)3-7-18(26)12-21(27)22-10-9-15-13-23-20-8-4-16(24(28)29)11-19(15)20/h1-2,4-6,8,11,13,23,25H,3,7,9-10,12H2,(H,22,27). The number of aromatic amines is 1. The van der Waals surface area contributed by atoms with Crippen LogP contribution in [0.15, 0.2) is 48.7 Å². The van der Waals surface area contributed by atoms with Gasteiger partial charge in [-0.1, -0.05) is 12.1 Å². The van der Waals surface area contributed by atoms with Crippen molar-refractivity contribution >= 4 is 28.3 Å². The molecule has 0 saturated heterocycles. The van der Waals surface area contributed by atoms with Crippen molar-refractivity contribution in [3.8, 4) is 5.75 Å². The summed E-state index contributed by atoms with van der Waals surface area (Å²) in [5.74, 6) is -0.325. The number of aromatic hydroxyl groups is 1. The number of nitro benzene ring substituents is 1. The number of nitro groups is 1. The van der Waals surface area contributed by atoms with Gasteiger partial charge in [-0.15, -0.1) is 0 Å². The van der Waals surface area contributed by atoms with Crippen LogP contribution in [0.1, 0.15) is 24.0 Å². The molecule has 3 rings (SSSR count). The number of hydrogen-bond acceptors (Lipinski definition) is 5. The van der Waals surface area contributed by atoms with Crippen LogP contribution in [0.2, 0.25) is 0 Å². The average molecular weight is 395 g/mol. The Morgan fingerprint density at radius 1 is 1.10 bits per heavy atom. The quantitative estimate of drug-likeness (QED) is 0.292. The number of aryl methyl sites for hydroxylation is 1. The first-order valence-electron chi connectivity index (χ1n) is 9.23. The second-order valence-electron chi connectivity index (χ2n) is 6.78. The van der Waals surface area contributed by atoms with E-state index in [-0.39, 0.29) is 36.0 Å². The highest BCUT2D eigenvalue weighted by Crippen LogP contribution is 2.23. The normalized spacial score (nSPS) is 10.8. The van der Waals surface area contributed by atoms with Crippen molar-refractivity contribution < 1.29 is 19.6 Å². The van der Waals surface area contributed by atoms with Gasteiger partial charge in [0.1, 0.15) is 11.5 Å². The first-order valence-corrected chi connectivity index (χ1v) is 9.23. The van der Waals surface area contributed by atoms with Crippen molar-refractivity contribution in [1.82, 2.24) is 10.3 Å². The Morgan fingerprint density at radius 3 is 2.59 bits per heavy atom. The summed E-state index contributed by atoms with van der Waals surface area (Å²) in [5.41, 5.74) is 2.59. The number of benzene rings is 2. The van der Waals surface area contributed by atoms with E-state index in [1.807, 2.05) is 0 Å². The Labute approximate surface area is 166 Å². The third-order valence-corrected chi connectivity index (χ3v) is 4.66. The summed E-state index contributed by atoms with van der Waals surface area (Å²) in [5, 5.41) is 23.7. The van der Waals surface area contributed by atoms with Crippen LogP contribution in [0.5, 0.6) is 5.75 Å². The lowest BCUT2D eigenvalue weighted by Crippen LogP contribution is -2.27. The number of phenols is 1. The number of phenolic OH excluding ortho intramolecular Hbond substituents is 1. The molecule has 0 fully saturated rings. The van der Waals surface area contributed by atoms with Gasteiger partial charge in [-0.2, -0.15) is 0 Å². The number of ketones is 1. The minimum Gasteiger partial charge on any atom is -0.508 e. The summed E-state index contributed by atoms with van der Waals surface area (Å²) in [6.07, 6.45) is 2.85. The van der Waals surface area contributed by atoms with E-state index in [9.17, 15) is 24.8 Å². The zero-order valence-electron chi connectivity index (χ0n) is 15.7. The van der Waals surface area contributed by atoms with Gasteiger partial charge in [0.05, 0.1) is 11.3 Å². The molecule has 0 spiro atoms. The number of H-pyrrole nitrogens is 1. The molecular weight excluding hydrogens is 374 g/mol. The van der Waals surface area contributed by atoms with Crippen LogP contribution >= 0.6 is 0 Å². The van der Waals surface area contributed by atoms with E-state index in [0.29, 0.717) is 19.4 Å². The number of amides is 1. The third-order valence-electron chi connectivity index (χ3n) is 4.66. The lowest BCUT2D eigenvalue weighted by atomic mass is 10.1. The maximum atomic E-state index is 12.0. The molecule has 29 heavy (non-hydrogen) atoms. The highest BCUT2D eigenvalue weighted by Gasteiger charge is 2.12. The molecule has 150 valence electrons. The predicted molar refractivity (Wildman–Crippen MR) is 108 cm³/mol. The number of nitrogens with one attached hydrogen (secondary N) is 2. The van der Waals surface area contributed by atoms with Crippen molar-refractivity contribution in [1.29, 1.82) is 0 Å². The number of nitrogens with zero attached hydrogens (tertiary/aromatic N) is 1. The molecule has 2 aromatic carbocycles. The SMILES string of the molecule is O=C(CCc1ccc(O)cc1)CC(=O)NCCc1c[nH]c2ccc([N+](=O)[O-])cc12. The van der Waals surface area contributed by atoms with Crippen LogP contribution in [-0.4, -0.2) is 33.2 Å². The van der Waals surface area contributed by atoms with Gasteiger partial charge < -0.3 is 15.4 Å². The number of aromatic nitrogens is 1. The monoisotopic (exact) mass is 395 g/mol. The molecule has 0 aliphatic heterocycles. The van der Waals surface area contributed by atoms with Crippen LogP contribution in [0, 0.1) is 10.1 Å². The molecule has 8 nitrogen and oxygen atoms in total. The van der Waals surface area contributed by atoms with Gasteiger partial charge in [0.2, 0.25) is 5.91 Å². The summed E-state index contributed by atoms with van der Waals surface area (Å²) in [7, 11) is 0. The number of carbonyl (C=O) groups is 2. The molecule has 0 radical (unpaired) electrons. The number of fused-ring (bicyclic) bond motifs is 1.